The van der Waals surface area contributed by atoms with Crippen LogP contribution in [0, 0.1) is 0 Å². The van der Waals surface area contributed by atoms with Crippen LogP contribution in [-0.4, -0.2) is 50.1 Å². The molecule has 0 spiro atoms. The maximum Gasteiger partial charge on any atom is 0.254 e. The predicted octanol–water partition coefficient (Wildman–Crippen LogP) is 3.89. The van der Waals surface area contributed by atoms with Gasteiger partial charge in [0, 0.05) is 30.3 Å². The molecule has 0 saturated carbocycles. The van der Waals surface area contributed by atoms with E-state index in [1.165, 1.54) is 0 Å². The molecule has 1 fully saturated rings. The number of hydrogen-bond donors (Lipinski definition) is 1. The summed E-state index contributed by atoms with van der Waals surface area (Å²) in [6, 6.07) is 18.9. The van der Waals surface area contributed by atoms with Crippen LogP contribution >= 0.6 is 0 Å². The third-order valence-electron chi connectivity index (χ3n) is 5.78. The van der Waals surface area contributed by atoms with Gasteiger partial charge in [0.15, 0.2) is 11.5 Å². The number of likely N-dealkylation sites (tertiary alicyclic amines) is 1. The zero-order chi connectivity index (χ0) is 21.8. The van der Waals surface area contributed by atoms with E-state index in [4.69, 9.17) is 9.47 Å². The quantitative estimate of drug-likeness (QED) is 0.683. The number of amides is 2. The third kappa shape index (κ3) is 4.33. The van der Waals surface area contributed by atoms with Gasteiger partial charge in [-0.3, -0.25) is 9.59 Å². The lowest BCUT2D eigenvalue weighted by molar-refractivity contribution is 0.0700. The number of ether oxygens (including phenoxy) is 2. The van der Waals surface area contributed by atoms with Gasteiger partial charge < -0.3 is 19.7 Å². The predicted molar refractivity (Wildman–Crippen MR) is 120 cm³/mol. The van der Waals surface area contributed by atoms with Crippen molar-refractivity contribution in [3.05, 3.63) is 71.8 Å². The fraction of sp³-hybridized carbons (Fsp3) is 0.280. The molecule has 0 atom stereocenters. The first kappa shape index (κ1) is 20.7. The van der Waals surface area contributed by atoms with E-state index in [0.717, 1.165) is 29.2 Å². The minimum atomic E-state index is -0.153. The van der Waals surface area contributed by atoms with E-state index in [1.54, 1.807) is 32.4 Å². The first-order valence-corrected chi connectivity index (χ1v) is 10.4. The molecule has 1 saturated heterocycles. The summed E-state index contributed by atoms with van der Waals surface area (Å²) in [7, 11) is 3.10. The van der Waals surface area contributed by atoms with E-state index in [9.17, 15) is 9.59 Å². The van der Waals surface area contributed by atoms with E-state index < -0.39 is 0 Å². The average molecular weight is 418 g/mol. The van der Waals surface area contributed by atoms with Gasteiger partial charge in [-0.05, 0) is 47.9 Å². The molecule has 1 heterocycles. The molecule has 31 heavy (non-hydrogen) atoms. The number of piperidine rings is 1. The lowest BCUT2D eigenvalue weighted by Gasteiger charge is -2.32. The summed E-state index contributed by atoms with van der Waals surface area (Å²) in [5.74, 6) is 0.992. The van der Waals surface area contributed by atoms with Gasteiger partial charge >= 0.3 is 0 Å². The molecular formula is C25H26N2O4. The Morgan fingerprint density at radius 1 is 0.903 bits per heavy atom. The van der Waals surface area contributed by atoms with Crippen molar-refractivity contribution in [2.24, 2.45) is 0 Å². The molecule has 1 aliphatic heterocycles. The van der Waals surface area contributed by atoms with Crippen molar-refractivity contribution in [3.8, 4) is 11.5 Å². The standard InChI is InChI=1S/C25H26N2O4/c1-30-22-11-10-18(16-23(22)31-2)24(28)26-19-12-14-27(15-13-19)25(29)21-9-5-7-17-6-3-4-8-20(17)21/h3-11,16,19H,12-15H2,1-2H3,(H,26,28). The number of benzene rings is 3. The van der Waals surface area contributed by atoms with Gasteiger partial charge in [0.2, 0.25) is 0 Å². The Morgan fingerprint density at radius 2 is 1.61 bits per heavy atom. The maximum atomic E-state index is 13.1. The Kier molecular flexibility index (Phi) is 6.07. The zero-order valence-electron chi connectivity index (χ0n) is 17.8. The molecule has 0 aliphatic carbocycles. The van der Waals surface area contributed by atoms with Crippen LogP contribution in [-0.2, 0) is 0 Å². The fourth-order valence-corrected chi connectivity index (χ4v) is 4.06. The highest BCUT2D eigenvalue weighted by Crippen LogP contribution is 2.28. The molecule has 160 valence electrons. The van der Waals surface area contributed by atoms with Crippen molar-refractivity contribution in [3.63, 3.8) is 0 Å². The van der Waals surface area contributed by atoms with Gasteiger partial charge in [0.25, 0.3) is 11.8 Å². The second-order valence-electron chi connectivity index (χ2n) is 7.64. The molecule has 1 N–H and O–H groups in total. The number of nitrogens with one attached hydrogen (secondary N) is 1. The van der Waals surface area contributed by atoms with Crippen molar-refractivity contribution in [1.29, 1.82) is 0 Å². The van der Waals surface area contributed by atoms with Crippen LogP contribution in [0.1, 0.15) is 33.6 Å². The Hall–Kier alpha value is -3.54. The number of methoxy groups -OCH3 is 2. The summed E-state index contributed by atoms with van der Waals surface area (Å²) in [5, 5.41) is 5.11. The van der Waals surface area contributed by atoms with Gasteiger partial charge in [-0.25, -0.2) is 0 Å². The van der Waals surface area contributed by atoms with Crippen molar-refractivity contribution in [2.75, 3.05) is 27.3 Å². The van der Waals surface area contributed by atoms with Gasteiger partial charge in [-0.2, -0.15) is 0 Å². The zero-order valence-corrected chi connectivity index (χ0v) is 17.8. The number of carbonyl (C=O) groups excluding carboxylic acids is 2. The monoisotopic (exact) mass is 418 g/mol. The van der Waals surface area contributed by atoms with Crippen LogP contribution in [0.4, 0.5) is 0 Å². The third-order valence-corrected chi connectivity index (χ3v) is 5.78. The Labute approximate surface area is 181 Å². The van der Waals surface area contributed by atoms with Crippen LogP contribution in [0.5, 0.6) is 11.5 Å². The van der Waals surface area contributed by atoms with Crippen molar-refractivity contribution in [2.45, 2.75) is 18.9 Å². The largest absolute Gasteiger partial charge is 0.493 e. The van der Waals surface area contributed by atoms with Crippen molar-refractivity contribution in [1.82, 2.24) is 10.2 Å². The molecule has 1 aliphatic rings. The van der Waals surface area contributed by atoms with Crippen molar-refractivity contribution >= 4 is 22.6 Å². The van der Waals surface area contributed by atoms with Crippen molar-refractivity contribution < 1.29 is 19.1 Å². The summed E-state index contributed by atoms with van der Waals surface area (Å²) >= 11 is 0. The van der Waals surface area contributed by atoms with Gasteiger partial charge in [0.05, 0.1) is 14.2 Å². The highest BCUT2D eigenvalue weighted by molar-refractivity contribution is 6.07. The van der Waals surface area contributed by atoms with Gasteiger partial charge in [-0.15, -0.1) is 0 Å². The molecule has 3 aromatic rings. The SMILES string of the molecule is COc1ccc(C(=O)NC2CCN(C(=O)c3cccc4ccccc34)CC2)cc1OC. The fourth-order valence-electron chi connectivity index (χ4n) is 4.06. The molecule has 0 radical (unpaired) electrons. The van der Waals surface area contributed by atoms with Crippen LogP contribution in [0.15, 0.2) is 60.7 Å². The minimum absolute atomic E-state index is 0.0252. The number of carbonyl (C=O) groups is 2. The summed E-state index contributed by atoms with van der Waals surface area (Å²) < 4.78 is 10.5. The molecule has 6 nitrogen and oxygen atoms in total. The Bertz CT molecular complexity index is 1100. The first-order chi connectivity index (χ1) is 15.1. The highest BCUT2D eigenvalue weighted by Gasteiger charge is 2.26. The lowest BCUT2D eigenvalue weighted by Crippen LogP contribution is -2.46. The summed E-state index contributed by atoms with van der Waals surface area (Å²) in [6.07, 6.45) is 1.44. The summed E-state index contributed by atoms with van der Waals surface area (Å²) in [4.78, 5) is 27.7. The van der Waals surface area contributed by atoms with Gasteiger partial charge in [-0.1, -0.05) is 36.4 Å². The smallest absolute Gasteiger partial charge is 0.254 e. The summed E-state index contributed by atoms with van der Waals surface area (Å²) in [6.45, 7) is 1.22. The minimum Gasteiger partial charge on any atom is -0.493 e. The molecule has 0 unspecified atom stereocenters. The molecule has 4 rings (SSSR count). The second-order valence-corrected chi connectivity index (χ2v) is 7.64. The van der Waals surface area contributed by atoms with E-state index in [2.05, 4.69) is 5.32 Å². The van der Waals surface area contributed by atoms with E-state index >= 15 is 0 Å². The second kappa shape index (κ2) is 9.08. The lowest BCUT2D eigenvalue weighted by atomic mass is 10.0. The molecule has 3 aromatic carbocycles. The topological polar surface area (TPSA) is 67.9 Å². The van der Waals surface area contributed by atoms with E-state index in [0.29, 0.717) is 30.2 Å². The van der Waals surface area contributed by atoms with E-state index in [-0.39, 0.29) is 17.9 Å². The highest BCUT2D eigenvalue weighted by atomic mass is 16.5. The van der Waals surface area contributed by atoms with Crippen LogP contribution < -0.4 is 14.8 Å². The number of fused-ring (bicyclic) bond motifs is 1. The molecule has 0 bridgehead atoms. The summed E-state index contributed by atoms with van der Waals surface area (Å²) in [5.41, 5.74) is 1.25. The normalized spacial score (nSPS) is 14.3. The number of rotatable bonds is 5. The number of nitrogens with zero attached hydrogens (tertiary/aromatic N) is 1. The molecule has 2 amide bonds. The molecule has 6 heteroatoms. The molecular weight excluding hydrogens is 392 g/mol. The Balaban J connectivity index is 1.38. The first-order valence-electron chi connectivity index (χ1n) is 10.4. The number of hydrogen-bond acceptors (Lipinski definition) is 4. The average Bonchev–Trinajstić information content (AvgIpc) is 2.83. The van der Waals surface area contributed by atoms with Gasteiger partial charge in [0.1, 0.15) is 0 Å². The van der Waals surface area contributed by atoms with E-state index in [1.807, 2.05) is 47.4 Å². The van der Waals surface area contributed by atoms with Crippen LogP contribution in [0.2, 0.25) is 0 Å². The maximum absolute atomic E-state index is 13.1. The van der Waals surface area contributed by atoms with Crippen LogP contribution in [0.3, 0.4) is 0 Å². The molecule has 0 aromatic heterocycles. The Morgan fingerprint density at radius 3 is 2.35 bits per heavy atom. The van der Waals surface area contributed by atoms with Crippen LogP contribution in [0.25, 0.3) is 10.8 Å².